The molecule has 0 fully saturated rings. The Labute approximate surface area is 152 Å². The fraction of sp³-hybridized carbons (Fsp3) is 0.312. The van der Waals surface area contributed by atoms with Gasteiger partial charge in [0.15, 0.2) is 0 Å². The number of benzene rings is 1. The van der Waals surface area contributed by atoms with Crippen LogP contribution in [-0.2, 0) is 11.3 Å². The van der Waals surface area contributed by atoms with E-state index in [0.29, 0.717) is 12.1 Å². The maximum absolute atomic E-state index is 12.3. The molecule has 0 bridgehead atoms. The number of anilines is 1. The Morgan fingerprint density at radius 2 is 2.04 bits per heavy atom. The molecule has 0 aliphatic rings. The predicted molar refractivity (Wildman–Crippen MR) is 99.6 cm³/mol. The molecular weight excluding hydrogens is 394 g/mol. The number of carbonyl (C=O) groups is 1. The van der Waals surface area contributed by atoms with Crippen molar-refractivity contribution in [1.29, 1.82) is 0 Å². The highest BCUT2D eigenvalue weighted by Gasteiger charge is 2.20. The van der Waals surface area contributed by atoms with Gasteiger partial charge >= 0.3 is 0 Å². The molecule has 1 amide bonds. The number of likely N-dealkylation sites (N-methyl/N-ethyl adjacent to an activating group) is 1. The lowest BCUT2D eigenvalue weighted by Gasteiger charge is -2.16. The Balaban J connectivity index is 2.06. The van der Waals surface area contributed by atoms with Crippen LogP contribution >= 0.6 is 27.3 Å². The number of halogens is 1. The van der Waals surface area contributed by atoms with Gasteiger partial charge in [-0.15, -0.1) is 11.3 Å². The quantitative estimate of drug-likeness (QED) is 0.573. The zero-order valence-electron chi connectivity index (χ0n) is 13.6. The SMILES string of the molecule is Cc1ccc([N+](=O)[O-])c(NC(=O)CN(C)Cc2ccc(Br)s2)c1C. The zero-order valence-corrected chi connectivity index (χ0v) is 16.0. The standard InChI is InChI=1S/C16H18BrN3O3S/c1-10-4-6-13(20(22)23)16(11(10)2)18-15(21)9-19(3)8-12-5-7-14(17)24-12/h4-7H,8-9H2,1-3H3,(H,18,21). The van der Waals surface area contributed by atoms with Crippen molar-refractivity contribution >= 4 is 44.5 Å². The second-order valence-corrected chi connectivity index (χ2v) is 8.13. The highest BCUT2D eigenvalue weighted by atomic mass is 79.9. The van der Waals surface area contributed by atoms with E-state index in [0.717, 1.165) is 14.2 Å². The summed E-state index contributed by atoms with van der Waals surface area (Å²) in [5.74, 6) is -0.273. The van der Waals surface area contributed by atoms with Gasteiger partial charge in [0.05, 0.1) is 15.3 Å². The third-order valence-corrected chi connectivity index (χ3v) is 5.25. The number of hydrogen-bond acceptors (Lipinski definition) is 5. The fourth-order valence-electron chi connectivity index (χ4n) is 2.29. The summed E-state index contributed by atoms with van der Waals surface area (Å²) in [4.78, 5) is 26.0. The van der Waals surface area contributed by atoms with E-state index in [1.807, 2.05) is 31.0 Å². The van der Waals surface area contributed by atoms with Crippen LogP contribution in [0.2, 0.25) is 0 Å². The molecule has 1 aromatic carbocycles. The van der Waals surface area contributed by atoms with E-state index >= 15 is 0 Å². The molecular formula is C16H18BrN3O3S. The molecule has 0 aliphatic carbocycles. The molecule has 0 saturated heterocycles. The summed E-state index contributed by atoms with van der Waals surface area (Å²) in [5, 5.41) is 13.9. The molecule has 1 aromatic heterocycles. The molecule has 0 aliphatic heterocycles. The lowest BCUT2D eigenvalue weighted by molar-refractivity contribution is -0.384. The third kappa shape index (κ3) is 4.62. The molecule has 2 rings (SSSR count). The fourth-order valence-corrected chi connectivity index (χ4v) is 3.86. The molecule has 8 heteroatoms. The van der Waals surface area contributed by atoms with E-state index in [1.54, 1.807) is 24.3 Å². The average Bonchev–Trinajstić information content (AvgIpc) is 2.88. The number of nitro benzene ring substituents is 1. The van der Waals surface area contributed by atoms with Crippen LogP contribution in [0.1, 0.15) is 16.0 Å². The van der Waals surface area contributed by atoms with Gasteiger partial charge in [-0.05, 0) is 60.1 Å². The van der Waals surface area contributed by atoms with Crippen LogP contribution in [0.15, 0.2) is 28.1 Å². The molecule has 0 spiro atoms. The molecule has 2 aromatic rings. The van der Waals surface area contributed by atoms with Crippen LogP contribution < -0.4 is 5.32 Å². The number of amides is 1. The minimum Gasteiger partial charge on any atom is -0.319 e. The Kier molecular flexibility index (Phi) is 6.09. The normalized spacial score (nSPS) is 10.9. The van der Waals surface area contributed by atoms with Crippen molar-refractivity contribution in [3.63, 3.8) is 0 Å². The van der Waals surface area contributed by atoms with Gasteiger partial charge in [0, 0.05) is 17.5 Å². The second kappa shape index (κ2) is 7.87. The van der Waals surface area contributed by atoms with Gasteiger partial charge in [0.1, 0.15) is 5.69 Å². The van der Waals surface area contributed by atoms with Crippen LogP contribution in [-0.4, -0.2) is 29.3 Å². The van der Waals surface area contributed by atoms with Gasteiger partial charge in [-0.2, -0.15) is 0 Å². The van der Waals surface area contributed by atoms with Crippen LogP contribution in [0.25, 0.3) is 0 Å². The summed E-state index contributed by atoms with van der Waals surface area (Å²) in [6.07, 6.45) is 0. The van der Waals surface area contributed by atoms with Gasteiger partial charge in [-0.3, -0.25) is 19.8 Å². The largest absolute Gasteiger partial charge is 0.319 e. The van der Waals surface area contributed by atoms with Crippen molar-refractivity contribution in [3.05, 3.63) is 54.2 Å². The predicted octanol–water partition coefficient (Wildman–Crippen LogP) is 4.11. The lowest BCUT2D eigenvalue weighted by atomic mass is 10.1. The first-order chi connectivity index (χ1) is 11.3. The van der Waals surface area contributed by atoms with E-state index in [-0.39, 0.29) is 23.8 Å². The van der Waals surface area contributed by atoms with Crippen molar-refractivity contribution < 1.29 is 9.72 Å². The average molecular weight is 412 g/mol. The van der Waals surface area contributed by atoms with Crippen LogP contribution in [0.4, 0.5) is 11.4 Å². The number of thiophene rings is 1. The van der Waals surface area contributed by atoms with Crippen LogP contribution in [0, 0.1) is 24.0 Å². The number of hydrogen-bond donors (Lipinski definition) is 1. The van der Waals surface area contributed by atoms with E-state index in [2.05, 4.69) is 21.2 Å². The second-order valence-electron chi connectivity index (χ2n) is 5.58. The summed E-state index contributed by atoms with van der Waals surface area (Å²) >= 11 is 5.02. The molecule has 128 valence electrons. The van der Waals surface area contributed by atoms with Crippen molar-refractivity contribution in [2.75, 3.05) is 18.9 Å². The molecule has 1 heterocycles. The molecule has 0 unspecified atom stereocenters. The smallest absolute Gasteiger partial charge is 0.293 e. The maximum Gasteiger partial charge on any atom is 0.293 e. The van der Waals surface area contributed by atoms with Crippen molar-refractivity contribution in [1.82, 2.24) is 4.90 Å². The Morgan fingerprint density at radius 3 is 2.62 bits per heavy atom. The van der Waals surface area contributed by atoms with E-state index < -0.39 is 4.92 Å². The number of aryl methyl sites for hydroxylation is 1. The van der Waals surface area contributed by atoms with Gasteiger partial charge in [0.25, 0.3) is 5.69 Å². The first-order valence-corrected chi connectivity index (χ1v) is 8.86. The summed E-state index contributed by atoms with van der Waals surface area (Å²) < 4.78 is 1.04. The molecule has 0 saturated carbocycles. The highest BCUT2D eigenvalue weighted by molar-refractivity contribution is 9.11. The molecule has 0 atom stereocenters. The Morgan fingerprint density at radius 1 is 1.33 bits per heavy atom. The first kappa shape index (κ1) is 18.6. The van der Waals surface area contributed by atoms with Crippen molar-refractivity contribution in [2.24, 2.45) is 0 Å². The first-order valence-electron chi connectivity index (χ1n) is 7.25. The zero-order chi connectivity index (χ0) is 17.9. The topological polar surface area (TPSA) is 75.5 Å². The summed E-state index contributed by atoms with van der Waals surface area (Å²) in [5.41, 5.74) is 1.80. The van der Waals surface area contributed by atoms with Gasteiger partial charge < -0.3 is 5.32 Å². The number of nitro groups is 1. The number of carbonyl (C=O) groups excluding carboxylic acids is 1. The number of nitrogens with zero attached hydrogens (tertiary/aromatic N) is 2. The molecule has 6 nitrogen and oxygen atoms in total. The van der Waals surface area contributed by atoms with Crippen molar-refractivity contribution in [3.8, 4) is 0 Å². The third-order valence-electron chi connectivity index (χ3n) is 3.64. The van der Waals surface area contributed by atoms with Gasteiger partial charge in [-0.1, -0.05) is 6.07 Å². The molecule has 24 heavy (non-hydrogen) atoms. The highest BCUT2D eigenvalue weighted by Crippen LogP contribution is 2.30. The maximum atomic E-state index is 12.3. The van der Waals surface area contributed by atoms with E-state index in [9.17, 15) is 14.9 Å². The van der Waals surface area contributed by atoms with E-state index in [1.165, 1.54) is 6.07 Å². The minimum absolute atomic E-state index is 0.0868. The summed E-state index contributed by atoms with van der Waals surface area (Å²) in [6.45, 7) is 4.42. The lowest BCUT2D eigenvalue weighted by Crippen LogP contribution is -2.30. The van der Waals surface area contributed by atoms with Crippen molar-refractivity contribution in [2.45, 2.75) is 20.4 Å². The van der Waals surface area contributed by atoms with Gasteiger partial charge in [0.2, 0.25) is 5.91 Å². The van der Waals surface area contributed by atoms with Gasteiger partial charge in [-0.25, -0.2) is 0 Å². The molecule has 0 radical (unpaired) electrons. The monoisotopic (exact) mass is 411 g/mol. The number of nitrogens with one attached hydrogen (secondary N) is 1. The Bertz CT molecular complexity index is 776. The summed E-state index contributed by atoms with van der Waals surface area (Å²) in [7, 11) is 1.84. The van der Waals surface area contributed by atoms with E-state index in [4.69, 9.17) is 0 Å². The number of rotatable bonds is 6. The molecule has 1 N–H and O–H groups in total. The van der Waals surface area contributed by atoms with Crippen LogP contribution in [0.3, 0.4) is 0 Å². The minimum atomic E-state index is -0.477. The van der Waals surface area contributed by atoms with Crippen LogP contribution in [0.5, 0.6) is 0 Å². The Hall–Kier alpha value is -1.77. The summed E-state index contributed by atoms with van der Waals surface area (Å²) in [6, 6.07) is 7.07.